The molecule has 1 atom stereocenters. The molecule has 1 unspecified atom stereocenters. The van der Waals surface area contributed by atoms with Gasteiger partial charge in [0.2, 0.25) is 0 Å². The van der Waals surface area contributed by atoms with E-state index < -0.39 is 15.7 Å². The molecular formula is C18H22O3S. The predicted octanol–water partition coefficient (Wildman–Crippen LogP) is 4.28. The average Bonchev–Trinajstić information content (AvgIpc) is 2.46. The van der Waals surface area contributed by atoms with Crippen molar-refractivity contribution >= 4 is 10.1 Å². The summed E-state index contributed by atoms with van der Waals surface area (Å²) in [5.74, 6) is -0.0612. The van der Waals surface area contributed by atoms with Crippen molar-refractivity contribution in [1.29, 1.82) is 0 Å². The van der Waals surface area contributed by atoms with Gasteiger partial charge in [-0.1, -0.05) is 55.0 Å². The molecule has 0 heterocycles. The summed E-state index contributed by atoms with van der Waals surface area (Å²) in [7, 11) is -3.79. The van der Waals surface area contributed by atoms with Gasteiger partial charge in [-0.2, -0.15) is 8.42 Å². The van der Waals surface area contributed by atoms with Gasteiger partial charge in [0, 0.05) is 5.92 Å². The molecular weight excluding hydrogens is 296 g/mol. The van der Waals surface area contributed by atoms with E-state index in [9.17, 15) is 8.42 Å². The molecule has 0 spiro atoms. The highest BCUT2D eigenvalue weighted by Gasteiger charge is 2.34. The molecule has 2 aromatic rings. The molecule has 2 aromatic carbocycles. The fraction of sp³-hybridized carbons (Fsp3) is 0.333. The standard InChI is InChI=1S/C18H22O3S/c1-14-10-12-17(13-11-14)22(19,20)21-18(3,4)15(2)16-8-6-5-7-9-16/h5-13,15H,1-4H3. The summed E-state index contributed by atoms with van der Waals surface area (Å²) in [6, 6.07) is 16.5. The van der Waals surface area contributed by atoms with Gasteiger partial charge in [-0.3, -0.25) is 4.18 Å². The van der Waals surface area contributed by atoms with E-state index in [-0.39, 0.29) is 10.8 Å². The third-order valence-corrected chi connectivity index (χ3v) is 5.48. The zero-order valence-electron chi connectivity index (χ0n) is 13.4. The van der Waals surface area contributed by atoms with Gasteiger partial charge in [-0.15, -0.1) is 0 Å². The van der Waals surface area contributed by atoms with Gasteiger partial charge in [0.05, 0.1) is 10.5 Å². The van der Waals surface area contributed by atoms with Crippen LogP contribution < -0.4 is 0 Å². The Hall–Kier alpha value is -1.65. The van der Waals surface area contributed by atoms with Gasteiger partial charge in [-0.25, -0.2) is 0 Å². The van der Waals surface area contributed by atoms with Gasteiger partial charge < -0.3 is 0 Å². The first-order chi connectivity index (χ1) is 10.2. The number of hydrogen-bond acceptors (Lipinski definition) is 3. The van der Waals surface area contributed by atoms with Gasteiger partial charge in [0.25, 0.3) is 10.1 Å². The van der Waals surface area contributed by atoms with Crippen molar-refractivity contribution in [3.8, 4) is 0 Å². The lowest BCUT2D eigenvalue weighted by atomic mass is 9.86. The van der Waals surface area contributed by atoms with Crippen molar-refractivity contribution in [1.82, 2.24) is 0 Å². The molecule has 0 aliphatic carbocycles. The van der Waals surface area contributed by atoms with E-state index in [0.717, 1.165) is 11.1 Å². The Balaban J connectivity index is 2.25. The van der Waals surface area contributed by atoms with Crippen LogP contribution in [0.15, 0.2) is 59.5 Å². The predicted molar refractivity (Wildman–Crippen MR) is 88.4 cm³/mol. The Morgan fingerprint density at radius 3 is 2.05 bits per heavy atom. The first-order valence-corrected chi connectivity index (χ1v) is 8.70. The molecule has 2 rings (SSSR count). The maximum Gasteiger partial charge on any atom is 0.297 e. The van der Waals surface area contributed by atoms with Crippen LogP contribution in [0.5, 0.6) is 0 Å². The maximum absolute atomic E-state index is 12.5. The van der Waals surface area contributed by atoms with Crippen LogP contribution in [0, 0.1) is 6.92 Å². The molecule has 0 bridgehead atoms. The third-order valence-electron chi connectivity index (χ3n) is 3.98. The molecule has 0 N–H and O–H groups in total. The van der Waals surface area contributed by atoms with Crippen LogP contribution in [0.4, 0.5) is 0 Å². The normalized spacial score (nSPS) is 13.8. The lowest BCUT2D eigenvalue weighted by Gasteiger charge is -2.31. The summed E-state index contributed by atoms with van der Waals surface area (Å²) < 4.78 is 30.5. The van der Waals surface area contributed by atoms with Crippen LogP contribution >= 0.6 is 0 Å². The summed E-state index contributed by atoms with van der Waals surface area (Å²) >= 11 is 0. The molecule has 22 heavy (non-hydrogen) atoms. The van der Waals surface area contributed by atoms with Crippen molar-refractivity contribution in [2.45, 2.75) is 44.1 Å². The van der Waals surface area contributed by atoms with Gasteiger partial charge in [0.15, 0.2) is 0 Å². The van der Waals surface area contributed by atoms with E-state index in [1.54, 1.807) is 38.1 Å². The van der Waals surface area contributed by atoms with Gasteiger partial charge >= 0.3 is 0 Å². The number of rotatable bonds is 5. The molecule has 4 heteroatoms. The molecule has 0 aliphatic rings. The Morgan fingerprint density at radius 2 is 1.50 bits per heavy atom. The summed E-state index contributed by atoms with van der Waals surface area (Å²) in [4.78, 5) is 0.187. The van der Waals surface area contributed by atoms with Gasteiger partial charge in [-0.05, 0) is 38.5 Å². The van der Waals surface area contributed by atoms with Crippen LogP contribution in [0.3, 0.4) is 0 Å². The summed E-state index contributed by atoms with van der Waals surface area (Å²) in [5.41, 5.74) is 1.22. The minimum absolute atomic E-state index is 0.0612. The van der Waals surface area contributed by atoms with Crippen LogP contribution in [0.2, 0.25) is 0 Å². The SMILES string of the molecule is Cc1ccc(S(=O)(=O)OC(C)(C)C(C)c2ccccc2)cc1. The fourth-order valence-electron chi connectivity index (χ4n) is 2.25. The van der Waals surface area contributed by atoms with E-state index >= 15 is 0 Å². The van der Waals surface area contributed by atoms with Crippen LogP contribution in [0.25, 0.3) is 0 Å². The summed E-state index contributed by atoms with van der Waals surface area (Å²) in [6.45, 7) is 7.49. The van der Waals surface area contributed by atoms with Gasteiger partial charge in [0.1, 0.15) is 0 Å². The number of benzene rings is 2. The van der Waals surface area contributed by atoms with Crippen LogP contribution in [-0.2, 0) is 14.3 Å². The zero-order valence-corrected chi connectivity index (χ0v) is 14.2. The first-order valence-electron chi connectivity index (χ1n) is 7.29. The molecule has 3 nitrogen and oxygen atoms in total. The average molecular weight is 318 g/mol. The largest absolute Gasteiger partial charge is 0.297 e. The van der Waals surface area contributed by atoms with Crippen LogP contribution in [0.1, 0.15) is 37.8 Å². The second-order valence-electron chi connectivity index (χ2n) is 6.09. The lowest BCUT2D eigenvalue weighted by molar-refractivity contribution is 0.0919. The highest BCUT2D eigenvalue weighted by Crippen LogP contribution is 2.33. The molecule has 0 saturated carbocycles. The Labute approximate surface area is 133 Å². The molecule has 0 saturated heterocycles. The van der Waals surface area contributed by atoms with E-state index in [0.29, 0.717) is 0 Å². The summed E-state index contributed by atoms with van der Waals surface area (Å²) in [6.07, 6.45) is 0. The van der Waals surface area contributed by atoms with E-state index in [1.165, 1.54) is 0 Å². The van der Waals surface area contributed by atoms with E-state index in [1.807, 2.05) is 44.2 Å². The highest BCUT2D eigenvalue weighted by atomic mass is 32.2. The highest BCUT2D eigenvalue weighted by molar-refractivity contribution is 7.86. The Morgan fingerprint density at radius 1 is 0.955 bits per heavy atom. The number of aryl methyl sites for hydroxylation is 1. The quantitative estimate of drug-likeness (QED) is 0.773. The molecule has 0 radical (unpaired) electrons. The third kappa shape index (κ3) is 3.76. The van der Waals surface area contributed by atoms with Crippen molar-refractivity contribution < 1.29 is 12.6 Å². The van der Waals surface area contributed by atoms with Crippen molar-refractivity contribution in [2.24, 2.45) is 0 Å². The molecule has 0 aliphatic heterocycles. The smallest absolute Gasteiger partial charge is 0.260 e. The summed E-state index contributed by atoms with van der Waals surface area (Å²) in [5, 5.41) is 0. The minimum Gasteiger partial charge on any atom is -0.260 e. The topological polar surface area (TPSA) is 43.4 Å². The Kier molecular flexibility index (Phi) is 4.73. The minimum atomic E-state index is -3.79. The molecule has 0 aromatic heterocycles. The van der Waals surface area contributed by atoms with Crippen molar-refractivity contribution in [3.63, 3.8) is 0 Å². The fourth-order valence-corrected chi connectivity index (χ4v) is 3.53. The zero-order chi connectivity index (χ0) is 16.4. The van der Waals surface area contributed by atoms with Crippen molar-refractivity contribution in [3.05, 3.63) is 65.7 Å². The Bertz CT molecular complexity index is 717. The number of hydrogen-bond donors (Lipinski definition) is 0. The maximum atomic E-state index is 12.5. The molecule has 0 amide bonds. The monoisotopic (exact) mass is 318 g/mol. The van der Waals surface area contributed by atoms with E-state index in [2.05, 4.69) is 0 Å². The van der Waals surface area contributed by atoms with Crippen LogP contribution in [-0.4, -0.2) is 14.0 Å². The lowest BCUT2D eigenvalue weighted by Crippen LogP contribution is -2.34. The molecule has 0 fully saturated rings. The van der Waals surface area contributed by atoms with E-state index in [4.69, 9.17) is 4.18 Å². The second kappa shape index (κ2) is 6.23. The first kappa shape index (κ1) is 16.7. The van der Waals surface area contributed by atoms with Crippen molar-refractivity contribution in [2.75, 3.05) is 0 Å². The molecule has 118 valence electrons. The second-order valence-corrected chi connectivity index (χ2v) is 7.63.